The van der Waals surface area contributed by atoms with E-state index in [2.05, 4.69) is 31.7 Å². The van der Waals surface area contributed by atoms with Crippen LogP contribution in [-0.4, -0.2) is 101 Å². The summed E-state index contributed by atoms with van der Waals surface area (Å²) in [5.74, 6) is 0.332. The van der Waals surface area contributed by atoms with Crippen molar-refractivity contribution in [1.29, 1.82) is 5.26 Å². The quantitative estimate of drug-likeness (QED) is 0.307. The highest BCUT2D eigenvalue weighted by Gasteiger charge is 2.33. The summed E-state index contributed by atoms with van der Waals surface area (Å²) in [5.41, 5.74) is 2.33. The van der Waals surface area contributed by atoms with Gasteiger partial charge in [0.05, 0.1) is 18.5 Å². The summed E-state index contributed by atoms with van der Waals surface area (Å²) in [6.07, 6.45) is -0.414. The average molecular weight is 577 g/mol. The van der Waals surface area contributed by atoms with Crippen LogP contribution in [0.5, 0.6) is 5.75 Å². The van der Waals surface area contributed by atoms with E-state index in [0.717, 1.165) is 17.8 Å². The van der Waals surface area contributed by atoms with Crippen molar-refractivity contribution in [2.75, 3.05) is 52.2 Å². The first-order chi connectivity index (χ1) is 20.3. The van der Waals surface area contributed by atoms with Crippen molar-refractivity contribution in [2.45, 2.75) is 25.1 Å². The van der Waals surface area contributed by atoms with Gasteiger partial charge in [0, 0.05) is 44.4 Å². The molecule has 42 heavy (non-hydrogen) atoms. The summed E-state index contributed by atoms with van der Waals surface area (Å²) < 4.78 is 20.5. The second kappa shape index (κ2) is 14.3. The third kappa shape index (κ3) is 7.74. The number of anilines is 2. The van der Waals surface area contributed by atoms with E-state index in [1.807, 2.05) is 31.3 Å². The van der Waals surface area contributed by atoms with Gasteiger partial charge in [-0.3, -0.25) is 9.59 Å². The molecule has 0 saturated carbocycles. The molecule has 0 spiro atoms. The van der Waals surface area contributed by atoms with Crippen molar-refractivity contribution in [2.24, 2.45) is 0 Å². The number of likely N-dealkylation sites (tertiary alicyclic amines) is 1. The van der Waals surface area contributed by atoms with E-state index in [1.165, 1.54) is 11.2 Å². The molecule has 1 unspecified atom stereocenters. The Bertz CT molecular complexity index is 1430. The molecule has 0 radical (unpaired) electrons. The molecule has 1 saturated heterocycles. The van der Waals surface area contributed by atoms with Gasteiger partial charge in [-0.1, -0.05) is 12.1 Å². The Balaban J connectivity index is 1.40. The lowest BCUT2D eigenvalue weighted by Gasteiger charge is -2.34. The number of ether oxygens (including phenoxy) is 1. The van der Waals surface area contributed by atoms with E-state index in [9.17, 15) is 19.2 Å². The summed E-state index contributed by atoms with van der Waals surface area (Å²) in [7, 11) is 3.62. The molecule has 0 aliphatic carbocycles. The number of hydrogen-bond donors (Lipinski definition) is 3. The largest absolute Gasteiger partial charge is 0.486 e. The van der Waals surface area contributed by atoms with Gasteiger partial charge in [-0.2, -0.15) is 10.2 Å². The number of aliphatic hydroxyl groups is 1. The minimum absolute atomic E-state index is 0.0330. The summed E-state index contributed by atoms with van der Waals surface area (Å²) >= 11 is 0. The number of nitriles is 1. The molecule has 2 atom stereocenters. The molecule has 0 bridgehead atoms. The molecule has 3 aromatic rings. The molecule has 220 valence electrons. The van der Waals surface area contributed by atoms with Crippen molar-refractivity contribution < 1.29 is 23.8 Å². The standard InChI is InChI=1S/C29H33FN8O4/c1-32-10-12-37(2)26(40)13-19-3-6-22(7-4-19)35-29-34-18-33-28(36-29)20-5-8-24(21(14-20)15-31)42-25-9-11-38(16-23(25)30)27(41)17-39/h3-8,14,18,23,25,32,39H,9-13,16-17H2,1-2H3,(H,33,34,35,36)/t23?,25-/m0/s1. The first-order valence-corrected chi connectivity index (χ1v) is 13.5. The zero-order chi connectivity index (χ0) is 30.1. The Morgan fingerprint density at radius 2 is 2.02 bits per heavy atom. The lowest BCUT2D eigenvalue weighted by Crippen LogP contribution is -2.50. The van der Waals surface area contributed by atoms with Gasteiger partial charge in [-0.15, -0.1) is 0 Å². The Morgan fingerprint density at radius 1 is 1.24 bits per heavy atom. The number of likely N-dealkylation sites (N-methyl/N-ethyl adjacent to an activating group) is 2. The summed E-state index contributed by atoms with van der Waals surface area (Å²) in [5, 5.41) is 24.9. The Labute approximate surface area is 243 Å². The van der Waals surface area contributed by atoms with Crippen LogP contribution in [-0.2, 0) is 16.0 Å². The van der Waals surface area contributed by atoms with Gasteiger partial charge < -0.3 is 30.3 Å². The van der Waals surface area contributed by atoms with Crippen LogP contribution in [0.2, 0.25) is 0 Å². The molecule has 2 amide bonds. The summed E-state index contributed by atoms with van der Waals surface area (Å²) in [6.45, 7) is 0.760. The van der Waals surface area contributed by atoms with Crippen molar-refractivity contribution in [3.05, 3.63) is 59.9 Å². The lowest BCUT2D eigenvalue weighted by molar-refractivity contribution is -0.138. The molecule has 1 aromatic heterocycles. The predicted molar refractivity (Wildman–Crippen MR) is 153 cm³/mol. The SMILES string of the molecule is CNCCN(C)C(=O)Cc1ccc(Nc2ncnc(-c3ccc(O[C@H]4CCN(C(=O)CO)CC4F)c(C#N)c3)n2)cc1. The topological polar surface area (TPSA) is 157 Å². The fraction of sp³-hybridized carbons (Fsp3) is 0.379. The number of nitrogens with zero attached hydrogens (tertiary/aromatic N) is 6. The fourth-order valence-electron chi connectivity index (χ4n) is 4.41. The van der Waals surface area contributed by atoms with Crippen LogP contribution in [0.1, 0.15) is 17.5 Å². The smallest absolute Gasteiger partial charge is 0.248 e. The number of benzene rings is 2. The second-order valence-electron chi connectivity index (χ2n) is 9.83. The molecule has 4 rings (SSSR count). The molecule has 13 heteroatoms. The number of aliphatic hydroxyl groups excluding tert-OH is 1. The number of halogens is 1. The normalized spacial score (nSPS) is 16.4. The number of piperidine rings is 1. The highest BCUT2D eigenvalue weighted by Crippen LogP contribution is 2.28. The number of rotatable bonds is 11. The van der Waals surface area contributed by atoms with Gasteiger partial charge in [0.25, 0.3) is 0 Å². The van der Waals surface area contributed by atoms with Crippen LogP contribution in [0.4, 0.5) is 16.0 Å². The summed E-state index contributed by atoms with van der Waals surface area (Å²) in [4.78, 5) is 39.9. The molecule has 3 N–H and O–H groups in total. The van der Waals surface area contributed by atoms with Crippen LogP contribution in [0.3, 0.4) is 0 Å². The monoisotopic (exact) mass is 576 g/mol. The maximum Gasteiger partial charge on any atom is 0.248 e. The van der Waals surface area contributed by atoms with E-state index in [4.69, 9.17) is 9.84 Å². The van der Waals surface area contributed by atoms with Gasteiger partial charge in [0.15, 0.2) is 12.0 Å². The van der Waals surface area contributed by atoms with Crippen LogP contribution in [0, 0.1) is 11.3 Å². The number of aromatic nitrogens is 3. The number of carbonyl (C=O) groups excluding carboxylic acids is 2. The van der Waals surface area contributed by atoms with Crippen LogP contribution in [0.15, 0.2) is 48.8 Å². The Morgan fingerprint density at radius 3 is 2.71 bits per heavy atom. The van der Waals surface area contributed by atoms with Gasteiger partial charge in [0.1, 0.15) is 30.9 Å². The van der Waals surface area contributed by atoms with Gasteiger partial charge in [-0.25, -0.2) is 14.4 Å². The summed E-state index contributed by atoms with van der Waals surface area (Å²) in [6, 6.07) is 14.3. The zero-order valence-electron chi connectivity index (χ0n) is 23.5. The number of hydrogen-bond acceptors (Lipinski definition) is 10. The maximum atomic E-state index is 14.7. The second-order valence-corrected chi connectivity index (χ2v) is 9.83. The third-order valence-electron chi connectivity index (χ3n) is 6.87. The minimum Gasteiger partial charge on any atom is -0.486 e. The van der Waals surface area contributed by atoms with Crippen LogP contribution < -0.4 is 15.4 Å². The maximum absolute atomic E-state index is 14.7. The highest BCUT2D eigenvalue weighted by molar-refractivity contribution is 5.79. The van der Waals surface area contributed by atoms with Crippen LogP contribution >= 0.6 is 0 Å². The van der Waals surface area contributed by atoms with E-state index in [0.29, 0.717) is 30.3 Å². The molecule has 2 aromatic carbocycles. The number of alkyl halides is 1. The minimum atomic E-state index is -1.46. The van der Waals surface area contributed by atoms with Gasteiger partial charge >= 0.3 is 0 Å². The van der Waals surface area contributed by atoms with E-state index in [-0.39, 0.29) is 36.7 Å². The Kier molecular flexibility index (Phi) is 10.3. The average Bonchev–Trinajstić information content (AvgIpc) is 3.01. The Hall–Kier alpha value is -4.67. The van der Waals surface area contributed by atoms with Gasteiger partial charge in [-0.05, 0) is 42.9 Å². The fourth-order valence-corrected chi connectivity index (χ4v) is 4.41. The third-order valence-corrected chi connectivity index (χ3v) is 6.87. The van der Waals surface area contributed by atoms with Gasteiger partial charge in [0.2, 0.25) is 17.8 Å². The molecular weight excluding hydrogens is 543 g/mol. The van der Waals surface area contributed by atoms with Crippen LogP contribution in [0.25, 0.3) is 11.4 Å². The zero-order valence-corrected chi connectivity index (χ0v) is 23.5. The first kappa shape index (κ1) is 30.3. The van der Waals surface area contributed by atoms with Crippen molar-refractivity contribution in [3.63, 3.8) is 0 Å². The highest BCUT2D eigenvalue weighted by atomic mass is 19.1. The molecular formula is C29H33FN8O4. The van der Waals surface area contributed by atoms with E-state index < -0.39 is 24.8 Å². The van der Waals surface area contributed by atoms with Crippen molar-refractivity contribution in [3.8, 4) is 23.2 Å². The molecule has 12 nitrogen and oxygen atoms in total. The van der Waals surface area contributed by atoms with Crippen molar-refractivity contribution in [1.82, 2.24) is 30.1 Å². The molecule has 2 heterocycles. The predicted octanol–water partition coefficient (Wildman–Crippen LogP) is 1.68. The lowest BCUT2D eigenvalue weighted by atomic mass is 10.0. The molecule has 1 fully saturated rings. The van der Waals surface area contributed by atoms with Crippen molar-refractivity contribution >= 4 is 23.5 Å². The van der Waals surface area contributed by atoms with E-state index in [1.54, 1.807) is 30.1 Å². The first-order valence-electron chi connectivity index (χ1n) is 13.5. The molecule has 1 aliphatic rings. The number of nitrogens with one attached hydrogen (secondary N) is 2. The molecule has 1 aliphatic heterocycles. The van der Waals surface area contributed by atoms with E-state index >= 15 is 0 Å². The number of carbonyl (C=O) groups is 2. The number of amides is 2.